The molecular formula is C17H20ClFN4. The highest BCUT2D eigenvalue weighted by molar-refractivity contribution is 6.31. The maximum atomic E-state index is 13.3. The normalized spacial score (nSPS) is 15.3. The lowest BCUT2D eigenvalue weighted by Crippen LogP contribution is -2.25. The summed E-state index contributed by atoms with van der Waals surface area (Å²) < 4.78 is 13.3. The van der Waals surface area contributed by atoms with Crippen molar-refractivity contribution in [2.24, 2.45) is 0 Å². The molecule has 1 N–H and O–H groups in total. The molecule has 122 valence electrons. The molecule has 23 heavy (non-hydrogen) atoms. The van der Waals surface area contributed by atoms with E-state index in [0.717, 1.165) is 18.9 Å². The minimum Gasteiger partial charge on any atom is -0.356 e. The summed E-state index contributed by atoms with van der Waals surface area (Å²) in [5.74, 6) is 1.92. The Morgan fingerprint density at radius 3 is 2.52 bits per heavy atom. The zero-order chi connectivity index (χ0) is 16.2. The van der Waals surface area contributed by atoms with Crippen LogP contribution in [-0.2, 0) is 0 Å². The van der Waals surface area contributed by atoms with Gasteiger partial charge in [-0.15, -0.1) is 0 Å². The molecule has 0 unspecified atom stereocenters. The Hall–Kier alpha value is -1.88. The molecule has 0 bridgehead atoms. The van der Waals surface area contributed by atoms with Crippen LogP contribution in [0, 0.1) is 12.7 Å². The minimum atomic E-state index is -0.429. The average molecular weight is 335 g/mol. The van der Waals surface area contributed by atoms with Crippen LogP contribution < -0.4 is 10.2 Å². The molecule has 2 aromatic rings. The molecule has 1 saturated heterocycles. The zero-order valence-corrected chi connectivity index (χ0v) is 13.9. The van der Waals surface area contributed by atoms with Gasteiger partial charge in [-0.3, -0.25) is 0 Å². The van der Waals surface area contributed by atoms with Crippen LogP contribution in [0.5, 0.6) is 0 Å². The Balaban J connectivity index is 1.83. The number of halogens is 2. The number of nitrogens with one attached hydrogen (secondary N) is 1. The van der Waals surface area contributed by atoms with E-state index in [4.69, 9.17) is 11.6 Å². The molecule has 1 aliphatic rings. The number of aryl methyl sites for hydroxylation is 1. The topological polar surface area (TPSA) is 41.1 Å². The molecule has 1 aromatic heterocycles. The maximum Gasteiger partial charge on any atom is 0.141 e. The Labute approximate surface area is 140 Å². The molecular weight excluding hydrogens is 315 g/mol. The van der Waals surface area contributed by atoms with E-state index in [2.05, 4.69) is 20.2 Å². The van der Waals surface area contributed by atoms with Gasteiger partial charge in [-0.05, 0) is 38.0 Å². The number of benzene rings is 1. The zero-order valence-electron chi connectivity index (χ0n) is 13.1. The van der Waals surface area contributed by atoms with Gasteiger partial charge in [0.1, 0.15) is 23.3 Å². The summed E-state index contributed by atoms with van der Waals surface area (Å²) in [5.41, 5.74) is 0.705. The Kier molecular flexibility index (Phi) is 4.96. The predicted octanol–water partition coefficient (Wildman–Crippen LogP) is 4.70. The van der Waals surface area contributed by atoms with E-state index in [1.54, 1.807) is 12.1 Å². The van der Waals surface area contributed by atoms with E-state index in [1.807, 2.05) is 13.0 Å². The van der Waals surface area contributed by atoms with Crippen LogP contribution in [0.3, 0.4) is 0 Å². The van der Waals surface area contributed by atoms with Crippen LogP contribution in [0.4, 0.5) is 21.7 Å². The van der Waals surface area contributed by atoms with Gasteiger partial charge in [0.15, 0.2) is 0 Å². The summed E-state index contributed by atoms with van der Waals surface area (Å²) in [6.45, 7) is 3.93. The van der Waals surface area contributed by atoms with Crippen LogP contribution in [0.1, 0.15) is 31.5 Å². The molecule has 0 spiro atoms. The molecule has 0 saturated carbocycles. The number of hydrogen-bond acceptors (Lipinski definition) is 4. The predicted molar refractivity (Wildman–Crippen MR) is 92.1 cm³/mol. The largest absolute Gasteiger partial charge is 0.356 e. The lowest BCUT2D eigenvalue weighted by Gasteiger charge is -2.22. The molecule has 1 aromatic carbocycles. The highest BCUT2D eigenvalue weighted by Gasteiger charge is 2.13. The van der Waals surface area contributed by atoms with Gasteiger partial charge >= 0.3 is 0 Å². The van der Waals surface area contributed by atoms with Gasteiger partial charge in [0.25, 0.3) is 0 Å². The van der Waals surface area contributed by atoms with Crippen molar-refractivity contribution in [3.63, 3.8) is 0 Å². The quantitative estimate of drug-likeness (QED) is 0.883. The minimum absolute atomic E-state index is 0.0912. The number of rotatable bonds is 3. The van der Waals surface area contributed by atoms with Crippen LogP contribution in [0.2, 0.25) is 5.02 Å². The van der Waals surface area contributed by atoms with E-state index in [9.17, 15) is 4.39 Å². The third-order valence-electron chi connectivity index (χ3n) is 3.95. The van der Waals surface area contributed by atoms with Crippen molar-refractivity contribution in [2.45, 2.75) is 32.6 Å². The Morgan fingerprint density at radius 1 is 1.09 bits per heavy atom. The standard InChI is InChI=1S/C17H20ClFN4/c1-12-20-16(22-13-6-7-15(19)14(18)10-13)11-17(21-12)23-8-4-2-3-5-9-23/h6-7,10-11H,2-5,8-9H2,1H3,(H,20,21,22). The van der Waals surface area contributed by atoms with Gasteiger partial charge < -0.3 is 10.2 Å². The van der Waals surface area contributed by atoms with Crippen molar-refractivity contribution < 1.29 is 4.39 Å². The van der Waals surface area contributed by atoms with E-state index < -0.39 is 5.82 Å². The fraction of sp³-hybridized carbons (Fsp3) is 0.412. The third-order valence-corrected chi connectivity index (χ3v) is 4.24. The van der Waals surface area contributed by atoms with Crippen LogP contribution in [-0.4, -0.2) is 23.1 Å². The molecule has 6 heteroatoms. The first kappa shape index (κ1) is 16.0. The molecule has 0 amide bonds. The molecule has 1 fully saturated rings. The number of hydrogen-bond donors (Lipinski definition) is 1. The van der Waals surface area contributed by atoms with Crippen molar-refractivity contribution in [3.05, 3.63) is 40.9 Å². The molecule has 1 aliphatic heterocycles. The van der Waals surface area contributed by atoms with Gasteiger partial charge in [0.2, 0.25) is 0 Å². The number of anilines is 3. The van der Waals surface area contributed by atoms with E-state index in [1.165, 1.54) is 31.7 Å². The van der Waals surface area contributed by atoms with Crippen LogP contribution in [0.15, 0.2) is 24.3 Å². The lowest BCUT2D eigenvalue weighted by atomic mass is 10.2. The SMILES string of the molecule is Cc1nc(Nc2ccc(F)c(Cl)c2)cc(N2CCCCCC2)n1. The second-order valence-corrected chi connectivity index (χ2v) is 6.22. The maximum absolute atomic E-state index is 13.3. The fourth-order valence-corrected chi connectivity index (χ4v) is 2.98. The lowest BCUT2D eigenvalue weighted by molar-refractivity contribution is 0.628. The molecule has 4 nitrogen and oxygen atoms in total. The van der Waals surface area contributed by atoms with Gasteiger partial charge in [0.05, 0.1) is 5.02 Å². The summed E-state index contributed by atoms with van der Waals surface area (Å²) in [6, 6.07) is 6.48. The van der Waals surface area contributed by atoms with E-state index >= 15 is 0 Å². The van der Waals surface area contributed by atoms with Crippen molar-refractivity contribution in [1.29, 1.82) is 0 Å². The van der Waals surface area contributed by atoms with Gasteiger partial charge in [-0.1, -0.05) is 24.4 Å². The third kappa shape index (κ3) is 4.10. The van der Waals surface area contributed by atoms with Crippen molar-refractivity contribution in [2.75, 3.05) is 23.3 Å². The molecule has 0 atom stereocenters. The summed E-state index contributed by atoms with van der Waals surface area (Å²) in [6.07, 6.45) is 4.94. The first-order valence-electron chi connectivity index (χ1n) is 7.94. The highest BCUT2D eigenvalue weighted by atomic mass is 35.5. The van der Waals surface area contributed by atoms with E-state index in [-0.39, 0.29) is 5.02 Å². The van der Waals surface area contributed by atoms with Crippen molar-refractivity contribution >= 4 is 28.9 Å². The summed E-state index contributed by atoms with van der Waals surface area (Å²) in [7, 11) is 0. The van der Waals surface area contributed by atoms with Crippen molar-refractivity contribution in [1.82, 2.24) is 9.97 Å². The smallest absolute Gasteiger partial charge is 0.141 e. The van der Waals surface area contributed by atoms with Crippen molar-refractivity contribution in [3.8, 4) is 0 Å². The first-order chi connectivity index (χ1) is 11.1. The molecule has 2 heterocycles. The molecule has 3 rings (SSSR count). The average Bonchev–Trinajstić information content (AvgIpc) is 2.80. The van der Waals surface area contributed by atoms with Crippen LogP contribution in [0.25, 0.3) is 0 Å². The number of nitrogens with zero attached hydrogens (tertiary/aromatic N) is 3. The number of aromatic nitrogens is 2. The van der Waals surface area contributed by atoms with Gasteiger partial charge in [0, 0.05) is 24.8 Å². The fourth-order valence-electron chi connectivity index (χ4n) is 2.80. The van der Waals surface area contributed by atoms with E-state index in [0.29, 0.717) is 17.3 Å². The summed E-state index contributed by atoms with van der Waals surface area (Å²) in [4.78, 5) is 11.3. The first-order valence-corrected chi connectivity index (χ1v) is 8.32. The Bertz CT molecular complexity index is 684. The second-order valence-electron chi connectivity index (χ2n) is 5.81. The monoisotopic (exact) mass is 334 g/mol. The summed E-state index contributed by atoms with van der Waals surface area (Å²) in [5, 5.41) is 3.27. The highest BCUT2D eigenvalue weighted by Crippen LogP contribution is 2.25. The molecule has 0 aliphatic carbocycles. The van der Waals surface area contributed by atoms with Crippen LogP contribution >= 0.6 is 11.6 Å². The Morgan fingerprint density at radius 2 is 1.83 bits per heavy atom. The van der Waals surface area contributed by atoms with Gasteiger partial charge in [-0.25, -0.2) is 14.4 Å². The molecule has 0 radical (unpaired) electrons. The second kappa shape index (κ2) is 7.13. The van der Waals surface area contributed by atoms with Gasteiger partial charge in [-0.2, -0.15) is 0 Å². The summed E-state index contributed by atoms with van der Waals surface area (Å²) >= 11 is 5.83.